The van der Waals surface area contributed by atoms with E-state index in [1.165, 1.54) is 81.9 Å². The fourth-order valence-corrected chi connectivity index (χ4v) is 7.75. The Kier molecular flexibility index (Phi) is 5.64. The number of furan rings is 1. The minimum absolute atomic E-state index is 0.914. The lowest BCUT2D eigenvalue weighted by molar-refractivity contribution is 0.669. The summed E-state index contributed by atoms with van der Waals surface area (Å²) >= 11 is 0. The van der Waals surface area contributed by atoms with Crippen LogP contribution < -0.4 is 0 Å². The zero-order valence-corrected chi connectivity index (χ0v) is 25.6. The third-order valence-electron chi connectivity index (χ3n) is 9.83. The van der Waals surface area contributed by atoms with E-state index in [2.05, 4.69) is 170 Å². The highest BCUT2D eigenvalue weighted by Gasteiger charge is 2.18. The first-order valence-electron chi connectivity index (χ1n) is 16.2. The first-order valence-corrected chi connectivity index (χ1v) is 16.2. The van der Waals surface area contributed by atoms with Crippen molar-refractivity contribution >= 4 is 65.0 Å². The largest absolute Gasteiger partial charge is 0.456 e. The lowest BCUT2D eigenvalue weighted by Gasteiger charge is -2.19. The van der Waals surface area contributed by atoms with Gasteiger partial charge in [0.25, 0.3) is 0 Å². The maximum Gasteiger partial charge on any atom is 0.136 e. The molecule has 0 spiro atoms. The molecule has 218 valence electrons. The molecule has 47 heavy (non-hydrogen) atoms. The van der Waals surface area contributed by atoms with Crippen LogP contribution in [0.2, 0.25) is 0 Å². The summed E-state index contributed by atoms with van der Waals surface area (Å²) < 4.78 is 6.32. The molecule has 0 fully saturated rings. The fraction of sp³-hybridized carbons (Fsp3) is 0. The lowest BCUT2D eigenvalue weighted by Crippen LogP contribution is -1.92. The van der Waals surface area contributed by atoms with Gasteiger partial charge in [-0.2, -0.15) is 0 Å². The van der Waals surface area contributed by atoms with Gasteiger partial charge in [-0.15, -0.1) is 0 Å². The third-order valence-corrected chi connectivity index (χ3v) is 9.83. The zero-order chi connectivity index (χ0) is 30.9. The van der Waals surface area contributed by atoms with Crippen LogP contribution in [0, 0.1) is 0 Å². The zero-order valence-electron chi connectivity index (χ0n) is 25.6. The molecule has 0 bridgehead atoms. The van der Waals surface area contributed by atoms with E-state index in [1.54, 1.807) is 0 Å². The monoisotopic (exact) mass is 596 g/mol. The van der Waals surface area contributed by atoms with Crippen LogP contribution in [0.5, 0.6) is 0 Å². The molecule has 0 unspecified atom stereocenters. The van der Waals surface area contributed by atoms with Crippen molar-refractivity contribution in [3.63, 3.8) is 0 Å². The van der Waals surface area contributed by atoms with Crippen molar-refractivity contribution in [2.75, 3.05) is 0 Å². The van der Waals surface area contributed by atoms with Crippen LogP contribution in [-0.4, -0.2) is 0 Å². The van der Waals surface area contributed by atoms with E-state index in [0.717, 1.165) is 16.6 Å². The molecule has 0 aliphatic carbocycles. The molecule has 0 aliphatic heterocycles. The third kappa shape index (κ3) is 3.97. The molecule has 0 saturated heterocycles. The van der Waals surface area contributed by atoms with Gasteiger partial charge in [0.1, 0.15) is 11.2 Å². The highest BCUT2D eigenvalue weighted by Crippen LogP contribution is 2.46. The van der Waals surface area contributed by atoms with Gasteiger partial charge in [0.15, 0.2) is 0 Å². The number of rotatable bonds is 3. The predicted molar refractivity (Wildman–Crippen MR) is 200 cm³/mol. The van der Waals surface area contributed by atoms with Crippen LogP contribution in [0.15, 0.2) is 174 Å². The lowest BCUT2D eigenvalue weighted by atomic mass is 9.84. The number of benzene rings is 9. The predicted octanol–water partition coefficient (Wildman–Crippen LogP) is 13.2. The minimum atomic E-state index is 0.914. The molecule has 10 aromatic rings. The van der Waals surface area contributed by atoms with Crippen molar-refractivity contribution in [1.82, 2.24) is 0 Å². The van der Waals surface area contributed by atoms with Crippen molar-refractivity contribution in [1.29, 1.82) is 0 Å². The summed E-state index contributed by atoms with van der Waals surface area (Å²) in [6.45, 7) is 0. The topological polar surface area (TPSA) is 13.1 Å². The van der Waals surface area contributed by atoms with Crippen LogP contribution in [0.4, 0.5) is 0 Å². The summed E-state index contributed by atoms with van der Waals surface area (Å²) in [5, 5.41) is 12.3. The van der Waals surface area contributed by atoms with Crippen molar-refractivity contribution in [2.45, 2.75) is 0 Å². The molecular weight excluding hydrogens is 569 g/mol. The van der Waals surface area contributed by atoms with Gasteiger partial charge in [-0.3, -0.25) is 0 Å². The second-order valence-electron chi connectivity index (χ2n) is 12.4. The SMILES string of the molecule is c1cc(-c2ccc3oc4ccc5ccccc5c4c3c2)cc(-c2c3ccccc3c(-c3cccc4ccccc34)c3ccccc23)c1. The van der Waals surface area contributed by atoms with Crippen LogP contribution in [0.3, 0.4) is 0 Å². The van der Waals surface area contributed by atoms with Gasteiger partial charge < -0.3 is 4.42 Å². The molecule has 0 aliphatic rings. The smallest absolute Gasteiger partial charge is 0.136 e. The van der Waals surface area contributed by atoms with Crippen molar-refractivity contribution in [3.8, 4) is 33.4 Å². The van der Waals surface area contributed by atoms with Gasteiger partial charge in [0.05, 0.1) is 0 Å². The Balaban J connectivity index is 1.22. The molecule has 9 aromatic carbocycles. The maximum absolute atomic E-state index is 6.32. The highest BCUT2D eigenvalue weighted by atomic mass is 16.3. The standard InChI is InChI=1S/C46H28O/c1-3-16-34-29(11-1)13-10-22-36(34)45-39-20-7-5-18-37(39)44(38-19-6-8-21-40(38)45)33-15-9-14-31(27-33)32-24-25-42-41(28-32)46-35-17-4-2-12-30(35)23-26-43(46)47-42/h1-28H. The summed E-state index contributed by atoms with van der Waals surface area (Å²) in [6, 6.07) is 61.6. The molecule has 1 heteroatoms. The first kappa shape index (κ1) is 26.1. The molecule has 1 aromatic heterocycles. The normalized spacial score (nSPS) is 11.8. The van der Waals surface area contributed by atoms with Crippen LogP contribution in [0.25, 0.3) is 98.4 Å². The summed E-state index contributed by atoms with van der Waals surface area (Å²) in [7, 11) is 0. The minimum Gasteiger partial charge on any atom is -0.456 e. The Labute approximate surface area is 271 Å². The molecule has 0 atom stereocenters. The van der Waals surface area contributed by atoms with E-state index in [4.69, 9.17) is 4.42 Å². The summed E-state index contributed by atoms with van der Waals surface area (Å²) in [4.78, 5) is 0. The van der Waals surface area contributed by atoms with E-state index in [1.807, 2.05) is 0 Å². The van der Waals surface area contributed by atoms with Crippen LogP contribution in [-0.2, 0) is 0 Å². The van der Waals surface area contributed by atoms with Gasteiger partial charge in [-0.1, -0.05) is 146 Å². The van der Waals surface area contributed by atoms with E-state index in [9.17, 15) is 0 Å². The van der Waals surface area contributed by atoms with E-state index < -0.39 is 0 Å². The van der Waals surface area contributed by atoms with Crippen molar-refractivity contribution in [2.24, 2.45) is 0 Å². The Hall–Kier alpha value is -6.18. The molecule has 1 nitrogen and oxygen atoms in total. The molecule has 1 heterocycles. The molecular formula is C46H28O. The van der Waals surface area contributed by atoms with E-state index >= 15 is 0 Å². The van der Waals surface area contributed by atoms with Crippen LogP contribution in [0.1, 0.15) is 0 Å². The second kappa shape index (κ2) is 10.2. The van der Waals surface area contributed by atoms with Gasteiger partial charge in [0.2, 0.25) is 0 Å². The number of hydrogen-bond donors (Lipinski definition) is 0. The first-order chi connectivity index (χ1) is 23.3. The van der Waals surface area contributed by atoms with Gasteiger partial charge in [-0.05, 0) is 101 Å². The Bertz CT molecular complexity index is 2790. The Morgan fingerprint density at radius 3 is 1.57 bits per heavy atom. The van der Waals surface area contributed by atoms with E-state index in [-0.39, 0.29) is 0 Å². The Morgan fingerprint density at radius 2 is 0.830 bits per heavy atom. The second-order valence-corrected chi connectivity index (χ2v) is 12.4. The Morgan fingerprint density at radius 1 is 0.298 bits per heavy atom. The quantitative estimate of drug-likeness (QED) is 0.185. The molecule has 10 rings (SSSR count). The average Bonchev–Trinajstić information content (AvgIpc) is 3.52. The molecule has 0 N–H and O–H groups in total. The summed E-state index contributed by atoms with van der Waals surface area (Å²) in [6.07, 6.45) is 0. The maximum atomic E-state index is 6.32. The van der Waals surface area contributed by atoms with Crippen molar-refractivity contribution in [3.05, 3.63) is 170 Å². The van der Waals surface area contributed by atoms with E-state index in [0.29, 0.717) is 0 Å². The molecule has 0 radical (unpaired) electrons. The summed E-state index contributed by atoms with van der Waals surface area (Å²) in [5.41, 5.74) is 9.23. The number of fused-ring (bicyclic) bond motifs is 8. The van der Waals surface area contributed by atoms with Gasteiger partial charge >= 0.3 is 0 Å². The average molecular weight is 597 g/mol. The number of hydrogen-bond acceptors (Lipinski definition) is 1. The molecule has 0 amide bonds. The molecule has 0 saturated carbocycles. The van der Waals surface area contributed by atoms with Crippen LogP contribution >= 0.6 is 0 Å². The van der Waals surface area contributed by atoms with Gasteiger partial charge in [-0.25, -0.2) is 0 Å². The van der Waals surface area contributed by atoms with Gasteiger partial charge in [0, 0.05) is 10.8 Å². The fourth-order valence-electron chi connectivity index (χ4n) is 7.75. The summed E-state index contributed by atoms with van der Waals surface area (Å²) in [5.74, 6) is 0. The van der Waals surface area contributed by atoms with Crippen molar-refractivity contribution < 1.29 is 4.42 Å². The highest BCUT2D eigenvalue weighted by molar-refractivity contribution is 6.24.